The topological polar surface area (TPSA) is 32.3 Å². The Bertz CT molecular complexity index is 331. The lowest BCUT2D eigenvalue weighted by Gasteiger charge is -2.18. The van der Waals surface area contributed by atoms with Gasteiger partial charge in [-0.05, 0) is 38.3 Å². The second kappa shape index (κ2) is 5.35. The third-order valence-corrected chi connectivity index (χ3v) is 3.59. The Kier molecular flexibility index (Phi) is 3.83. The molecule has 1 atom stereocenters. The van der Waals surface area contributed by atoms with Gasteiger partial charge in [0.15, 0.2) is 0 Å². The van der Waals surface area contributed by atoms with Crippen LogP contribution in [-0.4, -0.2) is 11.7 Å². The van der Waals surface area contributed by atoms with E-state index in [2.05, 4.69) is 12.2 Å². The van der Waals surface area contributed by atoms with Gasteiger partial charge < -0.3 is 10.4 Å². The lowest BCUT2D eigenvalue weighted by molar-refractivity contribution is 0.427. The smallest absolute Gasteiger partial charge is 0.120 e. The molecule has 1 aliphatic carbocycles. The molecule has 0 bridgehead atoms. The van der Waals surface area contributed by atoms with Crippen LogP contribution in [-0.2, 0) is 0 Å². The number of phenolic OH excluding ortho intramolecular Hbond substituents is 1. The summed E-state index contributed by atoms with van der Waals surface area (Å²) in [4.78, 5) is 0. The molecule has 16 heavy (non-hydrogen) atoms. The van der Waals surface area contributed by atoms with Gasteiger partial charge in [0.1, 0.15) is 5.75 Å². The van der Waals surface area contributed by atoms with Crippen LogP contribution in [0.25, 0.3) is 0 Å². The molecule has 0 radical (unpaired) electrons. The molecule has 0 aromatic heterocycles. The Labute approximate surface area is 97.7 Å². The summed E-state index contributed by atoms with van der Waals surface area (Å²) in [5, 5.41) is 13.3. The lowest BCUT2D eigenvalue weighted by Crippen LogP contribution is -2.24. The van der Waals surface area contributed by atoms with Crippen LogP contribution in [0.15, 0.2) is 24.3 Å². The van der Waals surface area contributed by atoms with Gasteiger partial charge in [-0.2, -0.15) is 0 Å². The van der Waals surface area contributed by atoms with E-state index in [4.69, 9.17) is 0 Å². The molecule has 0 saturated heterocycles. The van der Waals surface area contributed by atoms with E-state index in [0.717, 1.165) is 18.0 Å². The molecule has 1 aliphatic rings. The zero-order chi connectivity index (χ0) is 11.4. The first-order chi connectivity index (χ1) is 7.77. The zero-order valence-electron chi connectivity index (χ0n) is 9.95. The number of para-hydroxylation sites is 1. The van der Waals surface area contributed by atoms with Crippen LogP contribution in [0.2, 0.25) is 0 Å². The van der Waals surface area contributed by atoms with Crippen molar-refractivity contribution in [1.82, 2.24) is 5.32 Å². The fourth-order valence-electron chi connectivity index (χ4n) is 2.52. The first-order valence-corrected chi connectivity index (χ1v) is 6.28. The first kappa shape index (κ1) is 11.5. The van der Waals surface area contributed by atoms with E-state index in [-0.39, 0.29) is 6.04 Å². The normalized spacial score (nSPS) is 18.8. The van der Waals surface area contributed by atoms with Gasteiger partial charge in [-0.25, -0.2) is 0 Å². The Balaban J connectivity index is 1.87. The summed E-state index contributed by atoms with van der Waals surface area (Å²) < 4.78 is 0. The van der Waals surface area contributed by atoms with Crippen LogP contribution in [0.1, 0.15) is 44.2 Å². The predicted molar refractivity (Wildman–Crippen MR) is 66.5 cm³/mol. The van der Waals surface area contributed by atoms with Gasteiger partial charge in [0.2, 0.25) is 0 Å². The summed E-state index contributed by atoms with van der Waals surface area (Å²) in [6, 6.07) is 7.82. The number of rotatable bonds is 4. The monoisotopic (exact) mass is 219 g/mol. The highest BCUT2D eigenvalue weighted by molar-refractivity contribution is 5.34. The summed E-state index contributed by atoms with van der Waals surface area (Å²) in [5.41, 5.74) is 1.00. The number of benzene rings is 1. The number of hydrogen-bond acceptors (Lipinski definition) is 2. The van der Waals surface area contributed by atoms with Gasteiger partial charge in [-0.1, -0.05) is 31.0 Å². The van der Waals surface area contributed by atoms with Crippen molar-refractivity contribution in [2.45, 2.75) is 38.6 Å². The van der Waals surface area contributed by atoms with E-state index in [1.54, 1.807) is 6.07 Å². The summed E-state index contributed by atoms with van der Waals surface area (Å²) in [6.45, 7) is 3.19. The van der Waals surface area contributed by atoms with Gasteiger partial charge in [0, 0.05) is 11.6 Å². The maximum Gasteiger partial charge on any atom is 0.120 e. The molecule has 1 aromatic rings. The quantitative estimate of drug-likeness (QED) is 0.815. The fraction of sp³-hybridized carbons (Fsp3) is 0.571. The molecule has 0 aliphatic heterocycles. The van der Waals surface area contributed by atoms with Gasteiger partial charge in [0.05, 0.1) is 0 Å². The van der Waals surface area contributed by atoms with Crippen molar-refractivity contribution in [3.05, 3.63) is 29.8 Å². The second-order valence-corrected chi connectivity index (χ2v) is 4.84. The number of phenols is 1. The second-order valence-electron chi connectivity index (χ2n) is 4.84. The predicted octanol–water partition coefficient (Wildman–Crippen LogP) is 3.23. The standard InChI is InChI=1S/C14H21NO/c1-11(13-8-4-5-9-14(13)16)15-10-12-6-2-3-7-12/h4-5,8-9,11-12,15-16H,2-3,6-7,10H2,1H3. The van der Waals surface area contributed by atoms with Crippen molar-refractivity contribution in [3.63, 3.8) is 0 Å². The fourth-order valence-corrected chi connectivity index (χ4v) is 2.52. The molecule has 0 heterocycles. The molecule has 2 rings (SSSR count). The van der Waals surface area contributed by atoms with Gasteiger partial charge in [-0.3, -0.25) is 0 Å². The Hall–Kier alpha value is -1.02. The van der Waals surface area contributed by atoms with Crippen molar-refractivity contribution in [3.8, 4) is 5.75 Å². The van der Waals surface area contributed by atoms with E-state index in [9.17, 15) is 5.11 Å². The molecule has 0 amide bonds. The summed E-state index contributed by atoms with van der Waals surface area (Å²) in [5.74, 6) is 1.24. The van der Waals surface area contributed by atoms with Gasteiger partial charge in [-0.15, -0.1) is 0 Å². The first-order valence-electron chi connectivity index (χ1n) is 6.28. The molecular formula is C14H21NO. The van der Waals surface area contributed by atoms with E-state index in [1.165, 1.54) is 25.7 Å². The summed E-state index contributed by atoms with van der Waals surface area (Å²) in [6.07, 6.45) is 5.50. The Morgan fingerprint density at radius 1 is 1.31 bits per heavy atom. The molecule has 2 N–H and O–H groups in total. The SMILES string of the molecule is CC(NCC1CCCC1)c1ccccc1O. The van der Waals surface area contributed by atoms with E-state index >= 15 is 0 Å². The van der Waals surface area contributed by atoms with E-state index in [0.29, 0.717) is 5.75 Å². The average molecular weight is 219 g/mol. The number of aromatic hydroxyl groups is 1. The van der Waals surface area contributed by atoms with Crippen LogP contribution < -0.4 is 5.32 Å². The minimum atomic E-state index is 0.238. The van der Waals surface area contributed by atoms with Gasteiger partial charge >= 0.3 is 0 Å². The average Bonchev–Trinajstić information content (AvgIpc) is 2.79. The molecule has 0 spiro atoms. The largest absolute Gasteiger partial charge is 0.508 e. The molecule has 2 heteroatoms. The molecule has 1 aromatic carbocycles. The van der Waals surface area contributed by atoms with E-state index < -0.39 is 0 Å². The summed E-state index contributed by atoms with van der Waals surface area (Å²) in [7, 11) is 0. The number of hydrogen-bond donors (Lipinski definition) is 2. The van der Waals surface area contributed by atoms with Crippen LogP contribution in [0, 0.1) is 5.92 Å². The Morgan fingerprint density at radius 2 is 2.00 bits per heavy atom. The van der Waals surface area contributed by atoms with Crippen molar-refractivity contribution < 1.29 is 5.11 Å². The highest BCUT2D eigenvalue weighted by Crippen LogP contribution is 2.26. The minimum absolute atomic E-state index is 0.238. The molecular weight excluding hydrogens is 198 g/mol. The zero-order valence-corrected chi connectivity index (χ0v) is 9.95. The van der Waals surface area contributed by atoms with Crippen LogP contribution in [0.3, 0.4) is 0 Å². The summed E-state index contributed by atoms with van der Waals surface area (Å²) >= 11 is 0. The van der Waals surface area contributed by atoms with Crippen LogP contribution in [0.5, 0.6) is 5.75 Å². The van der Waals surface area contributed by atoms with E-state index in [1.807, 2.05) is 18.2 Å². The molecule has 1 unspecified atom stereocenters. The maximum absolute atomic E-state index is 9.73. The third kappa shape index (κ3) is 2.76. The minimum Gasteiger partial charge on any atom is -0.508 e. The highest BCUT2D eigenvalue weighted by Gasteiger charge is 2.16. The maximum atomic E-state index is 9.73. The molecule has 2 nitrogen and oxygen atoms in total. The lowest BCUT2D eigenvalue weighted by atomic mass is 10.0. The Morgan fingerprint density at radius 3 is 2.69 bits per heavy atom. The van der Waals surface area contributed by atoms with Crippen molar-refractivity contribution in [1.29, 1.82) is 0 Å². The highest BCUT2D eigenvalue weighted by atomic mass is 16.3. The molecule has 88 valence electrons. The number of nitrogens with one attached hydrogen (secondary N) is 1. The van der Waals surface area contributed by atoms with Crippen LogP contribution in [0.4, 0.5) is 0 Å². The van der Waals surface area contributed by atoms with Crippen molar-refractivity contribution >= 4 is 0 Å². The van der Waals surface area contributed by atoms with Crippen LogP contribution >= 0.6 is 0 Å². The van der Waals surface area contributed by atoms with Crippen molar-refractivity contribution in [2.75, 3.05) is 6.54 Å². The molecule has 1 saturated carbocycles. The third-order valence-electron chi connectivity index (χ3n) is 3.59. The van der Waals surface area contributed by atoms with Crippen molar-refractivity contribution in [2.24, 2.45) is 5.92 Å². The molecule has 1 fully saturated rings. The van der Waals surface area contributed by atoms with Gasteiger partial charge in [0.25, 0.3) is 0 Å².